The van der Waals surface area contributed by atoms with Gasteiger partial charge in [0.05, 0.1) is 12.0 Å². The number of rotatable bonds is 3. The predicted octanol–water partition coefficient (Wildman–Crippen LogP) is 2.15. The van der Waals surface area contributed by atoms with Crippen LogP contribution in [0.3, 0.4) is 0 Å². The van der Waals surface area contributed by atoms with E-state index in [0.29, 0.717) is 12.1 Å². The minimum atomic E-state index is -0.862. The number of aryl methyl sites for hydroxylation is 1. The predicted molar refractivity (Wildman–Crippen MR) is 72.0 cm³/mol. The van der Waals surface area contributed by atoms with Crippen LogP contribution in [-0.4, -0.2) is 23.1 Å². The summed E-state index contributed by atoms with van der Waals surface area (Å²) in [6.07, 6.45) is 3.73. The second-order valence-electron chi connectivity index (χ2n) is 4.64. The van der Waals surface area contributed by atoms with Gasteiger partial charge in [0, 0.05) is 5.69 Å². The molecule has 2 unspecified atom stereocenters. The maximum absolute atomic E-state index is 11.7. The van der Waals surface area contributed by atoms with Gasteiger partial charge in [-0.25, -0.2) is 4.79 Å². The Hall–Kier alpha value is -2.30. The van der Waals surface area contributed by atoms with Gasteiger partial charge in [-0.2, -0.15) is 0 Å². The van der Waals surface area contributed by atoms with Gasteiger partial charge >= 0.3 is 12.0 Å². The largest absolute Gasteiger partial charge is 0.481 e. The normalized spacial score (nSPS) is 21.1. The molecule has 3 N–H and O–H groups in total. The molecule has 100 valence electrons. The number of aliphatic carboxylic acids is 1. The van der Waals surface area contributed by atoms with Gasteiger partial charge in [-0.15, -0.1) is 0 Å². The van der Waals surface area contributed by atoms with E-state index < -0.39 is 11.9 Å². The van der Waals surface area contributed by atoms with Crippen LogP contribution in [-0.2, 0) is 4.79 Å². The van der Waals surface area contributed by atoms with Crippen LogP contribution in [0.15, 0.2) is 36.4 Å². The minimum Gasteiger partial charge on any atom is -0.481 e. The van der Waals surface area contributed by atoms with E-state index in [0.717, 1.165) is 5.56 Å². The summed E-state index contributed by atoms with van der Waals surface area (Å²) >= 11 is 0. The molecule has 1 aliphatic rings. The van der Waals surface area contributed by atoms with Crippen molar-refractivity contribution in [1.29, 1.82) is 0 Å². The molecule has 0 heterocycles. The lowest BCUT2D eigenvalue weighted by Crippen LogP contribution is -2.36. The van der Waals surface area contributed by atoms with Crippen LogP contribution in [0.25, 0.3) is 0 Å². The van der Waals surface area contributed by atoms with Crippen LogP contribution >= 0.6 is 0 Å². The molecule has 1 aromatic carbocycles. The highest BCUT2D eigenvalue weighted by atomic mass is 16.4. The third-order valence-electron chi connectivity index (χ3n) is 3.03. The molecule has 0 radical (unpaired) electrons. The fourth-order valence-electron chi connectivity index (χ4n) is 1.96. The lowest BCUT2D eigenvalue weighted by atomic mass is 10.1. The number of hydrogen-bond donors (Lipinski definition) is 3. The van der Waals surface area contributed by atoms with Gasteiger partial charge in [0.15, 0.2) is 0 Å². The summed E-state index contributed by atoms with van der Waals surface area (Å²) in [5.41, 5.74) is 1.83. The van der Waals surface area contributed by atoms with E-state index in [1.54, 1.807) is 12.2 Å². The molecular weight excluding hydrogens is 244 g/mol. The van der Waals surface area contributed by atoms with E-state index in [2.05, 4.69) is 10.6 Å². The molecule has 0 saturated heterocycles. The number of carboxylic acids is 1. The third-order valence-corrected chi connectivity index (χ3v) is 3.03. The lowest BCUT2D eigenvalue weighted by molar-refractivity contribution is -0.140. The highest BCUT2D eigenvalue weighted by Gasteiger charge is 2.25. The molecule has 2 amide bonds. The van der Waals surface area contributed by atoms with Gasteiger partial charge < -0.3 is 15.7 Å². The minimum absolute atomic E-state index is 0.230. The van der Waals surface area contributed by atoms with Gasteiger partial charge in [0.2, 0.25) is 0 Å². The SMILES string of the molecule is Cc1ccc(NC(=O)NC2C=CC(C(=O)O)C2)cc1. The van der Waals surface area contributed by atoms with E-state index >= 15 is 0 Å². The number of hydrogen-bond acceptors (Lipinski definition) is 2. The maximum atomic E-state index is 11.7. The van der Waals surface area contributed by atoms with E-state index in [1.807, 2.05) is 31.2 Å². The van der Waals surface area contributed by atoms with E-state index in [-0.39, 0.29) is 12.1 Å². The first-order valence-electron chi connectivity index (χ1n) is 6.10. The van der Waals surface area contributed by atoms with E-state index in [4.69, 9.17) is 5.11 Å². The molecule has 2 rings (SSSR count). The standard InChI is InChI=1S/C14H16N2O3/c1-9-2-5-11(6-3-9)15-14(19)16-12-7-4-10(8-12)13(17)18/h2-7,10,12H,8H2,1H3,(H,17,18)(H2,15,16,19). The van der Waals surface area contributed by atoms with Crippen LogP contribution in [0.2, 0.25) is 0 Å². The number of carboxylic acid groups (broad SMARTS) is 1. The number of benzene rings is 1. The second-order valence-corrected chi connectivity index (χ2v) is 4.64. The average molecular weight is 260 g/mol. The molecule has 0 spiro atoms. The Kier molecular flexibility index (Phi) is 3.85. The van der Waals surface area contributed by atoms with Gasteiger partial charge in [-0.05, 0) is 25.5 Å². The second kappa shape index (κ2) is 5.56. The number of nitrogens with one attached hydrogen (secondary N) is 2. The third kappa shape index (κ3) is 3.58. The van der Waals surface area contributed by atoms with E-state index in [1.165, 1.54) is 0 Å². The van der Waals surface area contributed by atoms with Gasteiger partial charge in [0.1, 0.15) is 0 Å². The Bertz CT molecular complexity index is 508. The Labute approximate surface area is 111 Å². The molecule has 1 aromatic rings. The summed E-state index contributed by atoms with van der Waals surface area (Å²) in [6, 6.07) is 6.90. The first kappa shape index (κ1) is 13.1. The summed E-state index contributed by atoms with van der Waals surface area (Å²) in [7, 11) is 0. The van der Waals surface area contributed by atoms with Crippen molar-refractivity contribution in [3.63, 3.8) is 0 Å². The van der Waals surface area contributed by atoms with Crippen LogP contribution in [0, 0.1) is 12.8 Å². The molecule has 0 saturated carbocycles. The fraction of sp³-hybridized carbons (Fsp3) is 0.286. The van der Waals surface area contributed by atoms with Crippen LogP contribution in [0.1, 0.15) is 12.0 Å². The van der Waals surface area contributed by atoms with Crippen molar-refractivity contribution in [2.75, 3.05) is 5.32 Å². The molecule has 5 heteroatoms. The molecule has 0 aliphatic heterocycles. The monoisotopic (exact) mass is 260 g/mol. The molecule has 19 heavy (non-hydrogen) atoms. The Morgan fingerprint density at radius 3 is 2.47 bits per heavy atom. The maximum Gasteiger partial charge on any atom is 0.319 e. The number of carbonyl (C=O) groups excluding carboxylic acids is 1. The first-order valence-corrected chi connectivity index (χ1v) is 6.10. The summed E-state index contributed by atoms with van der Waals surface area (Å²) in [5, 5.41) is 14.3. The first-order chi connectivity index (χ1) is 9.04. The number of anilines is 1. The highest BCUT2D eigenvalue weighted by molar-refractivity contribution is 5.89. The smallest absolute Gasteiger partial charge is 0.319 e. The molecule has 0 fully saturated rings. The van der Waals surface area contributed by atoms with E-state index in [9.17, 15) is 9.59 Å². The molecule has 1 aliphatic carbocycles. The summed E-state index contributed by atoms with van der Waals surface area (Å²) < 4.78 is 0. The summed E-state index contributed by atoms with van der Waals surface area (Å²) in [6.45, 7) is 1.97. The molecule has 2 atom stereocenters. The van der Waals surface area contributed by atoms with Crippen LogP contribution in [0.5, 0.6) is 0 Å². The van der Waals surface area contributed by atoms with Crippen LogP contribution in [0.4, 0.5) is 10.5 Å². The van der Waals surface area contributed by atoms with Crippen molar-refractivity contribution in [3.05, 3.63) is 42.0 Å². The average Bonchev–Trinajstić information content (AvgIpc) is 2.80. The lowest BCUT2D eigenvalue weighted by Gasteiger charge is -2.13. The molecule has 0 bridgehead atoms. The van der Waals surface area contributed by atoms with Crippen molar-refractivity contribution < 1.29 is 14.7 Å². The Balaban J connectivity index is 1.84. The van der Waals surface area contributed by atoms with Crippen molar-refractivity contribution in [1.82, 2.24) is 5.32 Å². The van der Waals surface area contributed by atoms with Gasteiger partial charge in [-0.1, -0.05) is 29.8 Å². The number of urea groups is 1. The molecule has 0 aromatic heterocycles. The fourth-order valence-corrected chi connectivity index (χ4v) is 1.96. The molecule has 5 nitrogen and oxygen atoms in total. The Morgan fingerprint density at radius 1 is 1.21 bits per heavy atom. The van der Waals surface area contributed by atoms with Crippen molar-refractivity contribution in [2.45, 2.75) is 19.4 Å². The zero-order chi connectivity index (χ0) is 13.8. The zero-order valence-electron chi connectivity index (χ0n) is 10.6. The number of amides is 2. The van der Waals surface area contributed by atoms with Crippen molar-refractivity contribution >= 4 is 17.7 Å². The Morgan fingerprint density at radius 2 is 1.89 bits per heavy atom. The van der Waals surface area contributed by atoms with Crippen molar-refractivity contribution in [3.8, 4) is 0 Å². The quantitative estimate of drug-likeness (QED) is 0.728. The summed E-state index contributed by atoms with van der Waals surface area (Å²) in [4.78, 5) is 22.5. The summed E-state index contributed by atoms with van der Waals surface area (Å²) in [5.74, 6) is -1.37. The van der Waals surface area contributed by atoms with Crippen LogP contribution < -0.4 is 10.6 Å². The molecular formula is C14H16N2O3. The number of carbonyl (C=O) groups is 2. The van der Waals surface area contributed by atoms with Crippen molar-refractivity contribution in [2.24, 2.45) is 5.92 Å². The van der Waals surface area contributed by atoms with Gasteiger partial charge in [0.25, 0.3) is 0 Å². The zero-order valence-corrected chi connectivity index (χ0v) is 10.6. The van der Waals surface area contributed by atoms with Gasteiger partial charge in [-0.3, -0.25) is 4.79 Å². The topological polar surface area (TPSA) is 78.4 Å². The highest BCUT2D eigenvalue weighted by Crippen LogP contribution is 2.18.